The Kier molecular flexibility index (Phi) is 3.85. The Morgan fingerprint density at radius 3 is 2.67 bits per heavy atom. The Labute approximate surface area is 93.3 Å². The summed E-state index contributed by atoms with van der Waals surface area (Å²) in [5.41, 5.74) is 2.27. The van der Waals surface area contributed by atoms with Gasteiger partial charge in [0, 0.05) is 19.1 Å². The van der Waals surface area contributed by atoms with Gasteiger partial charge >= 0.3 is 0 Å². The van der Waals surface area contributed by atoms with Crippen molar-refractivity contribution >= 4 is 0 Å². The summed E-state index contributed by atoms with van der Waals surface area (Å²) < 4.78 is 0. The molecule has 82 valence electrons. The van der Waals surface area contributed by atoms with Crippen LogP contribution < -0.4 is 0 Å². The van der Waals surface area contributed by atoms with E-state index in [1.807, 2.05) is 6.92 Å². The molecule has 0 aromatic rings. The minimum Gasteiger partial charge on any atom is -0.366 e. The fraction of sp³-hybridized carbons (Fsp3) is 0.538. The topological polar surface area (TPSA) is 6.48 Å². The monoisotopic (exact) mass is 204 g/mol. The van der Waals surface area contributed by atoms with Crippen molar-refractivity contribution in [2.45, 2.75) is 26.8 Å². The number of hydrogen-bond acceptors (Lipinski definition) is 2. The van der Waals surface area contributed by atoms with E-state index in [2.05, 4.69) is 42.2 Å². The Bertz CT molecular complexity index is 307. The van der Waals surface area contributed by atoms with Gasteiger partial charge in [-0.2, -0.15) is 0 Å². The average Bonchev–Trinajstić information content (AvgIpc) is 2.18. The Hall–Kier alpha value is -1.36. The van der Waals surface area contributed by atoms with Crippen molar-refractivity contribution in [3.05, 3.63) is 24.0 Å². The summed E-state index contributed by atoms with van der Waals surface area (Å²) in [6.45, 7) is 13.2. The van der Waals surface area contributed by atoms with Crippen molar-refractivity contribution in [1.29, 1.82) is 0 Å². The van der Waals surface area contributed by atoms with Gasteiger partial charge in [0.25, 0.3) is 0 Å². The van der Waals surface area contributed by atoms with Crippen LogP contribution in [0.4, 0.5) is 0 Å². The van der Waals surface area contributed by atoms with Crippen LogP contribution in [-0.2, 0) is 0 Å². The predicted molar refractivity (Wildman–Crippen MR) is 65.1 cm³/mol. The minimum absolute atomic E-state index is 0.500. The first kappa shape index (κ1) is 11.7. The lowest BCUT2D eigenvalue weighted by Crippen LogP contribution is -2.45. The third-order valence-electron chi connectivity index (χ3n) is 2.77. The Morgan fingerprint density at radius 2 is 2.20 bits per heavy atom. The predicted octanol–water partition coefficient (Wildman–Crippen LogP) is 2.06. The van der Waals surface area contributed by atoms with Gasteiger partial charge in [0.15, 0.2) is 0 Å². The lowest BCUT2D eigenvalue weighted by atomic mass is 10.1. The summed E-state index contributed by atoms with van der Waals surface area (Å²) >= 11 is 0. The minimum atomic E-state index is 0.500. The molecule has 0 aromatic heterocycles. The van der Waals surface area contributed by atoms with Crippen LogP contribution in [-0.4, -0.2) is 35.5 Å². The van der Waals surface area contributed by atoms with Crippen LogP contribution in [0.25, 0.3) is 0 Å². The average molecular weight is 204 g/mol. The molecule has 1 saturated heterocycles. The van der Waals surface area contributed by atoms with Gasteiger partial charge in [0.05, 0.1) is 17.9 Å². The first-order valence-corrected chi connectivity index (χ1v) is 5.42. The number of nitrogens with zero attached hydrogens (tertiary/aromatic N) is 2. The summed E-state index contributed by atoms with van der Waals surface area (Å²) in [4.78, 5) is 4.53. The molecule has 1 heterocycles. The molecule has 1 aliphatic heterocycles. The highest BCUT2D eigenvalue weighted by Crippen LogP contribution is 2.24. The van der Waals surface area contributed by atoms with E-state index in [4.69, 9.17) is 6.42 Å². The first-order chi connectivity index (χ1) is 7.11. The molecular weight excluding hydrogens is 184 g/mol. The van der Waals surface area contributed by atoms with E-state index in [-0.39, 0.29) is 0 Å². The highest BCUT2D eigenvalue weighted by atomic mass is 15.3. The molecule has 15 heavy (non-hydrogen) atoms. The summed E-state index contributed by atoms with van der Waals surface area (Å²) in [5.74, 6) is 2.69. The zero-order valence-corrected chi connectivity index (χ0v) is 9.95. The fourth-order valence-electron chi connectivity index (χ4n) is 2.01. The molecule has 0 bridgehead atoms. The van der Waals surface area contributed by atoms with Crippen molar-refractivity contribution in [2.24, 2.45) is 0 Å². The third kappa shape index (κ3) is 2.36. The van der Waals surface area contributed by atoms with Crippen molar-refractivity contribution in [3.8, 4) is 12.3 Å². The van der Waals surface area contributed by atoms with Crippen LogP contribution in [0.1, 0.15) is 20.8 Å². The van der Waals surface area contributed by atoms with Gasteiger partial charge in [-0.1, -0.05) is 18.6 Å². The highest BCUT2D eigenvalue weighted by molar-refractivity contribution is 5.29. The van der Waals surface area contributed by atoms with Crippen molar-refractivity contribution < 1.29 is 0 Å². The zero-order valence-electron chi connectivity index (χ0n) is 9.95. The lowest BCUT2D eigenvalue weighted by Gasteiger charge is -2.42. The molecule has 0 atom stereocenters. The molecule has 0 amide bonds. The van der Waals surface area contributed by atoms with E-state index < -0.39 is 0 Å². The van der Waals surface area contributed by atoms with Crippen LogP contribution in [0.15, 0.2) is 24.0 Å². The number of allylic oxidation sites excluding steroid dienone is 1. The maximum atomic E-state index is 5.35. The molecule has 0 unspecified atom stereocenters. The number of piperazine rings is 1. The summed E-state index contributed by atoms with van der Waals surface area (Å²) in [5, 5.41) is 0. The SMILES string of the molecule is C#CCN1CCN(C(C)C)C(=C)/C1=C/C. The van der Waals surface area contributed by atoms with Gasteiger partial charge in [0.2, 0.25) is 0 Å². The zero-order chi connectivity index (χ0) is 11.4. The summed E-state index contributed by atoms with van der Waals surface area (Å²) in [7, 11) is 0. The van der Waals surface area contributed by atoms with E-state index in [1.165, 1.54) is 5.70 Å². The first-order valence-electron chi connectivity index (χ1n) is 5.42. The molecule has 1 aliphatic rings. The van der Waals surface area contributed by atoms with Crippen molar-refractivity contribution in [3.63, 3.8) is 0 Å². The number of terminal acetylenes is 1. The molecule has 1 fully saturated rings. The molecule has 0 aliphatic carbocycles. The molecule has 0 spiro atoms. The second kappa shape index (κ2) is 4.93. The van der Waals surface area contributed by atoms with Crippen LogP contribution >= 0.6 is 0 Å². The molecule has 1 rings (SSSR count). The highest BCUT2D eigenvalue weighted by Gasteiger charge is 2.24. The van der Waals surface area contributed by atoms with E-state index in [1.54, 1.807) is 0 Å². The molecule has 2 nitrogen and oxygen atoms in total. The van der Waals surface area contributed by atoms with E-state index in [0.717, 1.165) is 18.8 Å². The van der Waals surface area contributed by atoms with Crippen molar-refractivity contribution in [1.82, 2.24) is 9.80 Å². The van der Waals surface area contributed by atoms with Gasteiger partial charge in [0.1, 0.15) is 0 Å². The number of rotatable bonds is 2. The summed E-state index contributed by atoms with van der Waals surface area (Å²) in [6.07, 6.45) is 7.45. The Morgan fingerprint density at radius 1 is 1.53 bits per heavy atom. The quantitative estimate of drug-likeness (QED) is 0.635. The van der Waals surface area contributed by atoms with Crippen LogP contribution in [0.2, 0.25) is 0 Å². The van der Waals surface area contributed by atoms with Crippen LogP contribution in [0.5, 0.6) is 0 Å². The van der Waals surface area contributed by atoms with Crippen LogP contribution in [0.3, 0.4) is 0 Å². The largest absolute Gasteiger partial charge is 0.366 e. The molecule has 2 heteroatoms. The van der Waals surface area contributed by atoms with Crippen LogP contribution in [0, 0.1) is 12.3 Å². The standard InChI is InChI=1S/C13H20N2/c1-6-8-14-9-10-15(11(3)4)12(5)13(14)7-2/h1,7,11H,5,8-10H2,2-4H3/b13-7-. The lowest BCUT2D eigenvalue weighted by molar-refractivity contribution is 0.201. The van der Waals surface area contributed by atoms with E-state index in [0.29, 0.717) is 12.6 Å². The fourth-order valence-corrected chi connectivity index (χ4v) is 2.01. The van der Waals surface area contributed by atoms with Gasteiger partial charge < -0.3 is 9.80 Å². The third-order valence-corrected chi connectivity index (χ3v) is 2.77. The maximum absolute atomic E-state index is 5.35. The van der Waals surface area contributed by atoms with E-state index >= 15 is 0 Å². The Balaban J connectivity index is 2.84. The van der Waals surface area contributed by atoms with E-state index in [9.17, 15) is 0 Å². The van der Waals surface area contributed by atoms with Gasteiger partial charge in [-0.15, -0.1) is 6.42 Å². The van der Waals surface area contributed by atoms with Gasteiger partial charge in [-0.05, 0) is 20.8 Å². The smallest absolute Gasteiger partial charge is 0.0793 e. The molecule has 0 N–H and O–H groups in total. The summed E-state index contributed by atoms with van der Waals surface area (Å²) in [6, 6.07) is 0.500. The molecule has 0 aromatic carbocycles. The second-order valence-corrected chi connectivity index (χ2v) is 4.03. The second-order valence-electron chi connectivity index (χ2n) is 4.03. The van der Waals surface area contributed by atoms with Gasteiger partial charge in [-0.3, -0.25) is 0 Å². The molecular formula is C13H20N2. The van der Waals surface area contributed by atoms with Gasteiger partial charge in [-0.25, -0.2) is 0 Å². The normalized spacial score (nSPS) is 19.9. The molecule has 0 saturated carbocycles. The number of hydrogen-bond donors (Lipinski definition) is 0. The maximum Gasteiger partial charge on any atom is 0.0793 e. The molecule has 0 radical (unpaired) electrons. The van der Waals surface area contributed by atoms with Crippen molar-refractivity contribution in [2.75, 3.05) is 19.6 Å².